The summed E-state index contributed by atoms with van der Waals surface area (Å²) in [5.74, 6) is 0.802. The molecule has 2 aromatic rings. The Hall–Kier alpha value is -0.950. The zero-order valence-corrected chi connectivity index (χ0v) is 9.55. The summed E-state index contributed by atoms with van der Waals surface area (Å²) in [5.41, 5.74) is 6.38. The van der Waals surface area contributed by atoms with Gasteiger partial charge in [0.1, 0.15) is 0 Å². The number of hydrogen-bond acceptors (Lipinski definition) is 3. The molecular formula is C9H9IN4. The van der Waals surface area contributed by atoms with Crippen molar-refractivity contribution in [2.24, 2.45) is 5.73 Å². The predicted octanol–water partition coefficient (Wildman–Crippen LogP) is 1.33. The van der Waals surface area contributed by atoms with Gasteiger partial charge in [-0.15, -0.1) is 0 Å². The van der Waals surface area contributed by atoms with Crippen molar-refractivity contribution >= 4 is 22.6 Å². The number of nitrogens with zero attached hydrogens (tertiary/aromatic N) is 3. The number of halogens is 1. The summed E-state index contributed by atoms with van der Waals surface area (Å²) in [7, 11) is 0. The molecule has 0 fully saturated rings. The van der Waals surface area contributed by atoms with Crippen molar-refractivity contribution < 1.29 is 0 Å². The molecule has 0 atom stereocenters. The Balaban J connectivity index is 2.41. The van der Waals surface area contributed by atoms with Gasteiger partial charge in [-0.3, -0.25) is 0 Å². The van der Waals surface area contributed by atoms with E-state index in [-0.39, 0.29) is 0 Å². The van der Waals surface area contributed by atoms with Crippen LogP contribution >= 0.6 is 22.6 Å². The van der Waals surface area contributed by atoms with E-state index in [1.165, 1.54) is 0 Å². The zero-order chi connectivity index (χ0) is 9.97. The first-order valence-corrected chi connectivity index (χ1v) is 5.24. The van der Waals surface area contributed by atoms with Crippen molar-refractivity contribution in [1.29, 1.82) is 0 Å². The van der Waals surface area contributed by atoms with E-state index in [9.17, 15) is 0 Å². The summed E-state index contributed by atoms with van der Waals surface area (Å²) in [5, 5.41) is 4.17. The zero-order valence-electron chi connectivity index (χ0n) is 7.39. The lowest BCUT2D eigenvalue weighted by molar-refractivity contribution is 0.829. The van der Waals surface area contributed by atoms with Crippen LogP contribution in [0, 0.1) is 3.57 Å². The van der Waals surface area contributed by atoms with E-state index in [2.05, 4.69) is 32.7 Å². The van der Waals surface area contributed by atoms with E-state index < -0.39 is 0 Å². The van der Waals surface area contributed by atoms with Crippen LogP contribution in [0.25, 0.3) is 5.82 Å². The molecule has 0 aliphatic rings. The van der Waals surface area contributed by atoms with Gasteiger partial charge in [0, 0.05) is 12.7 Å². The van der Waals surface area contributed by atoms with E-state index in [0.717, 1.165) is 15.1 Å². The number of pyridine rings is 1. The fourth-order valence-corrected chi connectivity index (χ4v) is 1.52. The average molecular weight is 300 g/mol. The van der Waals surface area contributed by atoms with Gasteiger partial charge in [-0.25, -0.2) is 9.67 Å². The van der Waals surface area contributed by atoms with Crippen LogP contribution in [0.1, 0.15) is 5.69 Å². The van der Waals surface area contributed by atoms with Crippen LogP contribution in [-0.2, 0) is 6.54 Å². The first-order chi connectivity index (χ1) is 6.79. The fourth-order valence-electron chi connectivity index (χ4n) is 1.13. The van der Waals surface area contributed by atoms with Crippen LogP contribution in [-0.4, -0.2) is 14.8 Å². The molecule has 0 saturated carbocycles. The summed E-state index contributed by atoms with van der Waals surface area (Å²) < 4.78 is 2.82. The van der Waals surface area contributed by atoms with Crippen molar-refractivity contribution in [2.45, 2.75) is 6.54 Å². The lowest BCUT2D eigenvalue weighted by atomic mass is 10.3. The third-order valence-corrected chi connectivity index (χ3v) is 2.34. The molecule has 72 valence electrons. The molecule has 0 radical (unpaired) electrons. The highest BCUT2D eigenvalue weighted by atomic mass is 127. The molecule has 2 N–H and O–H groups in total. The monoisotopic (exact) mass is 300 g/mol. The Bertz CT molecular complexity index is 438. The number of hydrogen-bond donors (Lipinski definition) is 1. The fraction of sp³-hybridized carbons (Fsp3) is 0.111. The molecule has 2 rings (SSSR count). The summed E-state index contributed by atoms with van der Waals surface area (Å²) in [6, 6.07) is 5.74. The van der Waals surface area contributed by atoms with Crippen molar-refractivity contribution in [3.8, 4) is 5.82 Å². The normalized spacial score (nSPS) is 10.4. The lowest BCUT2D eigenvalue weighted by Gasteiger charge is -2.01. The van der Waals surface area contributed by atoms with Crippen LogP contribution in [0.3, 0.4) is 0 Å². The highest BCUT2D eigenvalue weighted by Crippen LogP contribution is 2.07. The van der Waals surface area contributed by atoms with E-state index in [1.807, 2.05) is 24.4 Å². The van der Waals surface area contributed by atoms with E-state index in [0.29, 0.717) is 6.54 Å². The standard InChI is InChI=1S/C9H9IN4/c10-7-5-12-14(6-7)9-3-1-2-8(4-11)13-9/h1-3,5-6H,4,11H2. The van der Waals surface area contributed by atoms with Gasteiger partial charge in [0.2, 0.25) is 0 Å². The van der Waals surface area contributed by atoms with Crippen LogP contribution in [0.4, 0.5) is 0 Å². The minimum Gasteiger partial charge on any atom is -0.325 e. The largest absolute Gasteiger partial charge is 0.325 e. The molecule has 0 aromatic carbocycles. The Kier molecular flexibility index (Phi) is 2.78. The highest BCUT2D eigenvalue weighted by molar-refractivity contribution is 14.1. The molecule has 2 aromatic heterocycles. The van der Waals surface area contributed by atoms with Gasteiger partial charge in [0.15, 0.2) is 5.82 Å². The van der Waals surface area contributed by atoms with E-state index >= 15 is 0 Å². The number of nitrogens with two attached hydrogens (primary N) is 1. The minimum absolute atomic E-state index is 0.451. The summed E-state index contributed by atoms with van der Waals surface area (Å²) in [6.07, 6.45) is 3.71. The Morgan fingerprint density at radius 1 is 1.43 bits per heavy atom. The molecule has 4 nitrogen and oxygen atoms in total. The maximum Gasteiger partial charge on any atom is 0.153 e. The van der Waals surface area contributed by atoms with Gasteiger partial charge >= 0.3 is 0 Å². The van der Waals surface area contributed by atoms with Crippen LogP contribution < -0.4 is 5.73 Å². The first kappa shape index (κ1) is 9.60. The van der Waals surface area contributed by atoms with Crippen molar-refractivity contribution in [1.82, 2.24) is 14.8 Å². The topological polar surface area (TPSA) is 56.7 Å². The molecule has 5 heteroatoms. The van der Waals surface area contributed by atoms with Crippen LogP contribution in [0.15, 0.2) is 30.6 Å². The second-order valence-corrected chi connectivity index (χ2v) is 4.04. The average Bonchev–Trinajstić information content (AvgIpc) is 2.65. The van der Waals surface area contributed by atoms with Gasteiger partial charge in [0.05, 0.1) is 15.5 Å². The summed E-state index contributed by atoms with van der Waals surface area (Å²) >= 11 is 2.21. The molecular weight excluding hydrogens is 291 g/mol. The summed E-state index contributed by atoms with van der Waals surface area (Å²) in [6.45, 7) is 0.451. The molecule has 2 heterocycles. The van der Waals surface area contributed by atoms with Crippen molar-refractivity contribution in [3.05, 3.63) is 39.9 Å². The molecule has 0 aliphatic heterocycles. The summed E-state index contributed by atoms with van der Waals surface area (Å²) in [4.78, 5) is 4.35. The molecule has 0 amide bonds. The van der Waals surface area contributed by atoms with Gasteiger partial charge in [-0.05, 0) is 34.7 Å². The van der Waals surface area contributed by atoms with Crippen LogP contribution in [0.5, 0.6) is 0 Å². The minimum atomic E-state index is 0.451. The molecule has 0 aliphatic carbocycles. The number of rotatable bonds is 2. The predicted molar refractivity (Wildman–Crippen MR) is 62.0 cm³/mol. The van der Waals surface area contributed by atoms with Gasteiger partial charge < -0.3 is 5.73 Å². The second-order valence-electron chi connectivity index (χ2n) is 2.79. The Labute approximate surface area is 95.3 Å². The van der Waals surface area contributed by atoms with E-state index in [4.69, 9.17) is 5.73 Å². The van der Waals surface area contributed by atoms with Gasteiger partial charge in [-0.2, -0.15) is 5.10 Å². The molecule has 0 unspecified atom stereocenters. The molecule has 0 spiro atoms. The second kappa shape index (κ2) is 4.05. The molecule has 0 saturated heterocycles. The third-order valence-electron chi connectivity index (χ3n) is 1.79. The smallest absolute Gasteiger partial charge is 0.153 e. The molecule has 0 bridgehead atoms. The Morgan fingerprint density at radius 3 is 2.93 bits per heavy atom. The SMILES string of the molecule is NCc1cccc(-n2cc(I)cn2)n1. The quantitative estimate of drug-likeness (QED) is 0.851. The van der Waals surface area contributed by atoms with Crippen molar-refractivity contribution in [3.63, 3.8) is 0 Å². The van der Waals surface area contributed by atoms with Crippen LogP contribution in [0.2, 0.25) is 0 Å². The lowest BCUT2D eigenvalue weighted by Crippen LogP contribution is -2.04. The van der Waals surface area contributed by atoms with E-state index in [1.54, 1.807) is 10.9 Å². The Morgan fingerprint density at radius 2 is 2.29 bits per heavy atom. The first-order valence-electron chi connectivity index (χ1n) is 4.16. The maximum atomic E-state index is 5.51. The molecule has 14 heavy (non-hydrogen) atoms. The highest BCUT2D eigenvalue weighted by Gasteiger charge is 2.00. The maximum absolute atomic E-state index is 5.51. The van der Waals surface area contributed by atoms with Crippen molar-refractivity contribution in [2.75, 3.05) is 0 Å². The number of aromatic nitrogens is 3. The van der Waals surface area contributed by atoms with Gasteiger partial charge in [0.25, 0.3) is 0 Å². The van der Waals surface area contributed by atoms with Gasteiger partial charge in [-0.1, -0.05) is 6.07 Å². The third kappa shape index (κ3) is 1.93.